The van der Waals surface area contributed by atoms with Crippen molar-refractivity contribution in [3.8, 4) is 5.75 Å². The normalized spacial score (nSPS) is 14.9. The molecule has 0 spiro atoms. The minimum atomic E-state index is 0.0393. The number of hydrogen-bond donors (Lipinski definition) is 0. The molecule has 1 amide bonds. The number of ether oxygens (including phenoxy) is 1. The topological polar surface area (TPSA) is 32.8 Å². The van der Waals surface area contributed by atoms with E-state index in [4.69, 9.17) is 4.74 Å². The van der Waals surface area contributed by atoms with Crippen molar-refractivity contribution in [3.05, 3.63) is 53.6 Å². The lowest BCUT2D eigenvalue weighted by Crippen LogP contribution is -2.25. The number of hydrogen-bond acceptors (Lipinski definition) is 3. The molecule has 0 aromatic heterocycles. The molecule has 2 aromatic rings. The molecule has 1 aliphatic heterocycles. The summed E-state index contributed by atoms with van der Waals surface area (Å²) in [5.74, 6) is 0.800. The van der Waals surface area contributed by atoms with Gasteiger partial charge in [-0.15, -0.1) is 0 Å². The molecule has 0 saturated heterocycles. The maximum absolute atomic E-state index is 12.8. The van der Waals surface area contributed by atoms with Crippen LogP contribution in [0.15, 0.2) is 42.5 Å². The van der Waals surface area contributed by atoms with Crippen LogP contribution in [0, 0.1) is 0 Å². The van der Waals surface area contributed by atoms with E-state index in [1.54, 1.807) is 12.0 Å². The Morgan fingerprint density at radius 3 is 2.42 bits per heavy atom. The number of nitrogens with zero attached hydrogens (tertiary/aromatic N) is 2. The molecule has 4 nitrogen and oxygen atoms in total. The van der Waals surface area contributed by atoms with Crippen LogP contribution in [-0.4, -0.2) is 33.7 Å². The molecule has 1 aliphatic rings. The highest BCUT2D eigenvalue weighted by Gasteiger charge is 2.31. The number of methoxy groups -OCH3 is 1. The third kappa shape index (κ3) is 2.75. The van der Waals surface area contributed by atoms with Crippen molar-refractivity contribution in [2.24, 2.45) is 0 Å². The van der Waals surface area contributed by atoms with Gasteiger partial charge in [-0.2, -0.15) is 0 Å². The van der Waals surface area contributed by atoms with E-state index in [1.165, 1.54) is 0 Å². The Morgan fingerprint density at radius 2 is 1.83 bits per heavy atom. The van der Waals surface area contributed by atoms with Gasteiger partial charge in [0.2, 0.25) is 0 Å². The summed E-state index contributed by atoms with van der Waals surface area (Å²) in [6, 6.07) is 14.0. The van der Waals surface area contributed by atoms with Crippen molar-refractivity contribution >= 4 is 28.9 Å². The number of benzene rings is 2. The van der Waals surface area contributed by atoms with Crippen LogP contribution in [0.5, 0.6) is 5.75 Å². The Morgan fingerprint density at radius 1 is 1.12 bits per heavy atom. The number of likely N-dealkylation sites (N-methyl/N-ethyl adjacent to an activating group) is 1. The average Bonchev–Trinajstić information content (AvgIpc) is 2.86. The van der Waals surface area contributed by atoms with E-state index in [-0.39, 0.29) is 5.91 Å². The predicted octanol–water partition coefficient (Wildman–Crippen LogP) is 3.67. The zero-order valence-electron chi connectivity index (χ0n) is 14.5. The molecule has 24 heavy (non-hydrogen) atoms. The highest BCUT2D eigenvalue weighted by molar-refractivity contribution is 6.35. The third-order valence-electron chi connectivity index (χ3n) is 4.30. The molecule has 0 fully saturated rings. The summed E-state index contributed by atoms with van der Waals surface area (Å²) in [7, 11) is 5.66. The lowest BCUT2D eigenvalue weighted by atomic mass is 10.0. The molecule has 0 N–H and O–H groups in total. The number of anilines is 2. The van der Waals surface area contributed by atoms with Gasteiger partial charge in [0.1, 0.15) is 5.75 Å². The van der Waals surface area contributed by atoms with Crippen molar-refractivity contribution in [2.75, 3.05) is 37.5 Å². The Hall–Kier alpha value is -2.75. The van der Waals surface area contributed by atoms with Gasteiger partial charge in [-0.25, -0.2) is 0 Å². The van der Waals surface area contributed by atoms with E-state index in [9.17, 15) is 4.79 Å². The second kappa shape index (κ2) is 6.40. The van der Waals surface area contributed by atoms with Crippen LogP contribution < -0.4 is 14.5 Å². The lowest BCUT2D eigenvalue weighted by molar-refractivity contribution is -0.112. The van der Waals surface area contributed by atoms with Gasteiger partial charge >= 0.3 is 0 Å². The van der Waals surface area contributed by atoms with Crippen LogP contribution in [0.4, 0.5) is 11.4 Å². The van der Waals surface area contributed by atoms with Crippen molar-refractivity contribution in [2.45, 2.75) is 6.92 Å². The fourth-order valence-corrected chi connectivity index (χ4v) is 2.95. The van der Waals surface area contributed by atoms with E-state index in [0.29, 0.717) is 6.54 Å². The predicted molar refractivity (Wildman–Crippen MR) is 99.7 cm³/mol. The van der Waals surface area contributed by atoms with Gasteiger partial charge in [0.15, 0.2) is 0 Å². The fraction of sp³-hybridized carbons (Fsp3) is 0.250. The Labute approximate surface area is 143 Å². The SMILES string of the molecule is CCN1C(=O)C(=Cc2ccc(N(C)C)cc2)c2ccc(OC)cc21. The number of carbonyl (C=O) groups is 1. The van der Waals surface area contributed by atoms with Crippen LogP contribution in [0.2, 0.25) is 0 Å². The van der Waals surface area contributed by atoms with Crippen LogP contribution >= 0.6 is 0 Å². The quantitative estimate of drug-likeness (QED) is 0.805. The van der Waals surface area contributed by atoms with Gasteiger partial charge in [-0.3, -0.25) is 4.79 Å². The van der Waals surface area contributed by atoms with Crippen LogP contribution in [0.3, 0.4) is 0 Å². The van der Waals surface area contributed by atoms with Crippen molar-refractivity contribution in [1.82, 2.24) is 0 Å². The first-order valence-electron chi connectivity index (χ1n) is 8.04. The lowest BCUT2D eigenvalue weighted by Gasteiger charge is -2.14. The molecule has 0 unspecified atom stereocenters. The highest BCUT2D eigenvalue weighted by Crippen LogP contribution is 2.39. The molecule has 0 aliphatic carbocycles. The van der Waals surface area contributed by atoms with Crippen LogP contribution in [0.25, 0.3) is 11.6 Å². The minimum Gasteiger partial charge on any atom is -0.497 e. The van der Waals surface area contributed by atoms with Crippen LogP contribution in [0.1, 0.15) is 18.1 Å². The Balaban J connectivity index is 2.03. The van der Waals surface area contributed by atoms with E-state index in [0.717, 1.165) is 33.8 Å². The smallest absolute Gasteiger partial charge is 0.258 e. The second-order valence-corrected chi connectivity index (χ2v) is 5.98. The molecule has 0 bridgehead atoms. The van der Waals surface area contributed by atoms with E-state index >= 15 is 0 Å². The van der Waals surface area contributed by atoms with E-state index in [2.05, 4.69) is 17.0 Å². The summed E-state index contributed by atoms with van der Waals surface area (Å²) in [6.07, 6.45) is 1.96. The van der Waals surface area contributed by atoms with E-state index < -0.39 is 0 Å². The standard InChI is InChI=1S/C20H22N2O2/c1-5-22-19-13-16(24-4)10-11-17(19)18(20(22)23)12-14-6-8-15(9-7-14)21(2)3/h6-13H,5H2,1-4H3. The number of carbonyl (C=O) groups excluding carboxylic acids is 1. The summed E-state index contributed by atoms with van der Waals surface area (Å²) in [5.41, 5.74) is 4.75. The zero-order chi connectivity index (χ0) is 17.3. The monoisotopic (exact) mass is 322 g/mol. The zero-order valence-corrected chi connectivity index (χ0v) is 14.5. The average molecular weight is 322 g/mol. The van der Waals surface area contributed by atoms with Crippen molar-refractivity contribution in [3.63, 3.8) is 0 Å². The first-order chi connectivity index (χ1) is 11.5. The molecule has 4 heteroatoms. The second-order valence-electron chi connectivity index (χ2n) is 5.98. The molecule has 1 heterocycles. The summed E-state index contributed by atoms with van der Waals surface area (Å²) in [6.45, 7) is 2.62. The van der Waals surface area contributed by atoms with Crippen molar-refractivity contribution < 1.29 is 9.53 Å². The molecular weight excluding hydrogens is 300 g/mol. The highest BCUT2D eigenvalue weighted by atomic mass is 16.5. The minimum absolute atomic E-state index is 0.0393. The Kier molecular flexibility index (Phi) is 4.30. The summed E-state index contributed by atoms with van der Waals surface area (Å²) >= 11 is 0. The largest absolute Gasteiger partial charge is 0.497 e. The fourth-order valence-electron chi connectivity index (χ4n) is 2.95. The first-order valence-corrected chi connectivity index (χ1v) is 8.04. The van der Waals surface area contributed by atoms with Gasteiger partial charge in [-0.1, -0.05) is 12.1 Å². The maximum Gasteiger partial charge on any atom is 0.258 e. The summed E-state index contributed by atoms with van der Waals surface area (Å²) < 4.78 is 5.29. The molecular formula is C20H22N2O2. The van der Waals surface area contributed by atoms with Gasteiger partial charge < -0.3 is 14.5 Å². The molecule has 0 atom stereocenters. The van der Waals surface area contributed by atoms with Crippen LogP contribution in [-0.2, 0) is 4.79 Å². The van der Waals surface area contributed by atoms with Gasteiger partial charge in [-0.05, 0) is 42.8 Å². The molecule has 0 radical (unpaired) electrons. The molecule has 124 valence electrons. The van der Waals surface area contributed by atoms with Gasteiger partial charge in [0.25, 0.3) is 5.91 Å². The first kappa shape index (κ1) is 16.1. The van der Waals surface area contributed by atoms with Gasteiger partial charge in [0.05, 0.1) is 12.8 Å². The number of amides is 1. The third-order valence-corrected chi connectivity index (χ3v) is 4.30. The molecule has 0 saturated carbocycles. The summed E-state index contributed by atoms with van der Waals surface area (Å²) in [4.78, 5) is 16.6. The van der Waals surface area contributed by atoms with E-state index in [1.807, 2.05) is 57.4 Å². The van der Waals surface area contributed by atoms with Gasteiger partial charge in [0, 0.05) is 43.5 Å². The van der Waals surface area contributed by atoms with Crippen molar-refractivity contribution in [1.29, 1.82) is 0 Å². The molecule has 2 aromatic carbocycles. The molecule has 3 rings (SSSR count). The summed E-state index contributed by atoms with van der Waals surface area (Å²) in [5, 5.41) is 0. The maximum atomic E-state index is 12.8. The number of rotatable bonds is 4. The number of fused-ring (bicyclic) bond motifs is 1. The Bertz CT molecular complexity index is 792.